The van der Waals surface area contributed by atoms with Crippen molar-refractivity contribution in [2.75, 3.05) is 26.6 Å². The highest BCUT2D eigenvalue weighted by Gasteiger charge is 2.34. The first-order valence-electron chi connectivity index (χ1n) is 32.6. The van der Waals surface area contributed by atoms with E-state index in [1.807, 2.05) is 13.8 Å². The zero-order valence-corrected chi connectivity index (χ0v) is 72.7. The molecule has 40 nitrogen and oxygen atoms in total. The molecule has 5 heterocycles. The minimum atomic E-state index is -4.90. The Balaban J connectivity index is 0.000000234. The number of hydrogen-bond donors (Lipinski definition) is 15. The highest BCUT2D eigenvalue weighted by Crippen LogP contribution is 2.45. The second kappa shape index (κ2) is 43.1. The van der Waals surface area contributed by atoms with Gasteiger partial charge in [0.1, 0.15) is 11.4 Å². The summed E-state index contributed by atoms with van der Waals surface area (Å²) < 4.78 is 148. The molecule has 3 unspecified atom stereocenters. The van der Waals surface area contributed by atoms with Gasteiger partial charge in [-0.3, -0.25) is 46.6 Å². The summed E-state index contributed by atoms with van der Waals surface area (Å²) in [7, 11) is -24.3. The number of halogens is 13. The zero-order valence-electron chi connectivity index (χ0n) is 62.2. The van der Waals surface area contributed by atoms with E-state index in [9.17, 15) is 68.8 Å². The Morgan fingerprint density at radius 2 is 0.603 bits per heavy atom. The minimum Gasteiger partial charge on any atom is -0.319 e. The zero-order chi connectivity index (χ0) is 91.2. The van der Waals surface area contributed by atoms with E-state index in [1.54, 1.807) is 93.6 Å². The Morgan fingerprint density at radius 3 is 0.909 bits per heavy atom. The van der Waals surface area contributed by atoms with Gasteiger partial charge in [0.05, 0.1) is 53.6 Å². The highest BCUT2D eigenvalue weighted by atomic mass is 35.5. The van der Waals surface area contributed by atoms with E-state index in [0.29, 0.717) is 30.1 Å². The van der Waals surface area contributed by atoms with Crippen molar-refractivity contribution in [1.82, 2.24) is 48.9 Å². The molecule has 5 aromatic heterocycles. The molecule has 5 aromatic carbocycles. The van der Waals surface area contributed by atoms with Gasteiger partial charge in [0, 0.05) is 12.1 Å². The summed E-state index contributed by atoms with van der Waals surface area (Å²) in [5, 5.41) is 28.6. The Bertz CT molecular complexity index is 5650. The van der Waals surface area contributed by atoms with Crippen LogP contribution in [0.2, 0.25) is 40.6 Å². The van der Waals surface area contributed by atoms with E-state index < -0.39 is 163 Å². The van der Waals surface area contributed by atoms with Crippen LogP contribution in [0.5, 0.6) is 0 Å². The number of aryl methyl sites for hydroxylation is 5. The maximum absolute atomic E-state index is 14.2. The summed E-state index contributed by atoms with van der Waals surface area (Å²) in [5.74, 6) is -9.92. The molecule has 10 rings (SSSR count). The lowest BCUT2D eigenvalue weighted by Crippen LogP contribution is -2.22. The summed E-state index contributed by atoms with van der Waals surface area (Å²) in [6.07, 6.45) is -4.29. The van der Waals surface area contributed by atoms with Crippen LogP contribution in [-0.2, 0) is 58.9 Å². The van der Waals surface area contributed by atoms with Crippen molar-refractivity contribution in [3.05, 3.63) is 229 Å². The molecule has 656 valence electrons. The number of phosphoric ester groups is 5. The maximum Gasteiger partial charge on any atom is 0.471 e. The standard InChI is InChI=1S/2C13H13Cl2FN3O5P.C13H14ClFN3O5P.C12H11Cl2FN3O5P.C12H12ClFN3O5P/c2*1-6-3-4-9(8(14)5-6)17-13(20)11-10(16)12(15)18-19(11)7(2)24-25(21,22)23;1-7-3-4-10(9(14)5-7)16-13(19)11-6-12(15)17-18(11)8(2)23-24(20,21)22;1-6-2-3-8(7(13)4-6)16-12(19)10-9(15)11(14)17-18(10)5-23-24(20,21)22;1-7-2-3-9(8(13)4-7)15-12(18)10-5-11(14)16-17(10)6-22-23(19,20)21/h2*3-5,7H,1-2H3,(H,17,20)(H2,21,22,23);3-6,8H,1-2H3,(H,16,19)(H2,20,21,22);2-4H,5H2,1H3,(H,16,19)(H2,20,21,22);2-5H,6H2,1H3,(H,15,18)(H2,19,20,21). The normalized spacial score (nSPS) is 12.4. The number of phosphoric acid groups is 5. The molecule has 0 saturated carbocycles. The highest BCUT2D eigenvalue weighted by molar-refractivity contribution is 7.47. The SMILES string of the molecule is Cc1ccc(NC(=O)c2c(F)c(Cl)nn2C(C)OP(=O)(O)O)c(Cl)c1.Cc1ccc(NC(=O)c2c(F)c(Cl)nn2C(C)OP(=O)(O)O)c(Cl)c1.Cc1ccc(NC(=O)c2c(F)c(Cl)nn2COP(=O)(O)O)c(Cl)c1.Cc1ccc(NC(=O)c2cc(F)nn2C(C)OP(=O)(O)O)c(Cl)c1.Cc1ccc(NC(=O)c2cc(F)nn2COP(=O)(O)O)c(Cl)c1. The molecule has 0 bridgehead atoms. The van der Waals surface area contributed by atoms with Gasteiger partial charge in [-0.25, -0.2) is 59.4 Å². The van der Waals surface area contributed by atoms with E-state index in [0.717, 1.165) is 58.5 Å². The number of amides is 5. The second-order valence-corrected chi connectivity index (χ2v) is 33.3. The van der Waals surface area contributed by atoms with Gasteiger partial charge in [-0.15, -0.1) is 10.2 Å². The van der Waals surface area contributed by atoms with Crippen molar-refractivity contribution >= 4 is 190 Å². The maximum atomic E-state index is 14.2. The third-order valence-corrected chi connectivity index (χ3v) is 19.4. The number of anilines is 5. The number of nitrogens with one attached hydrogen (secondary N) is 5. The quantitative estimate of drug-likeness (QED) is 0.0187. The van der Waals surface area contributed by atoms with E-state index in [-0.39, 0.29) is 53.6 Å². The Kier molecular flexibility index (Phi) is 36.3. The van der Waals surface area contributed by atoms with Crippen LogP contribution < -0.4 is 26.6 Å². The molecule has 0 aliphatic rings. The van der Waals surface area contributed by atoms with Crippen molar-refractivity contribution in [2.24, 2.45) is 0 Å². The van der Waals surface area contributed by atoms with Gasteiger partial charge in [0.2, 0.25) is 11.9 Å². The van der Waals surface area contributed by atoms with Crippen molar-refractivity contribution in [1.29, 1.82) is 0 Å². The lowest BCUT2D eigenvalue weighted by Gasteiger charge is -2.16. The van der Waals surface area contributed by atoms with Crippen molar-refractivity contribution in [2.45, 2.75) is 87.5 Å². The molecule has 0 radical (unpaired) electrons. The van der Waals surface area contributed by atoms with Gasteiger partial charge >= 0.3 is 39.1 Å². The Hall–Kier alpha value is -7.98. The predicted molar refractivity (Wildman–Crippen MR) is 426 cm³/mol. The minimum absolute atomic E-state index is 0.212. The number of carbonyl (C=O) groups excluding carboxylic acids is 5. The van der Waals surface area contributed by atoms with E-state index in [4.69, 9.17) is 142 Å². The summed E-state index contributed by atoms with van der Waals surface area (Å²) >= 11 is 46.7. The Morgan fingerprint density at radius 1 is 0.347 bits per heavy atom. The summed E-state index contributed by atoms with van der Waals surface area (Å²) in [5.41, 5.74) is 3.00. The lowest BCUT2D eigenvalue weighted by molar-refractivity contribution is 0.0793. The molecule has 0 aliphatic carbocycles. The van der Waals surface area contributed by atoms with Crippen LogP contribution in [0.15, 0.2) is 103 Å². The average Bonchev–Trinajstić information content (AvgIpc) is 1.63. The summed E-state index contributed by atoms with van der Waals surface area (Å²) in [6, 6.07) is 25.8. The third kappa shape index (κ3) is 31.3. The fourth-order valence-corrected chi connectivity index (χ4v) is 13.3. The largest absolute Gasteiger partial charge is 0.471 e. The number of carbonyl (C=O) groups is 5. The van der Waals surface area contributed by atoms with Crippen LogP contribution in [0.25, 0.3) is 0 Å². The van der Waals surface area contributed by atoms with Gasteiger partial charge in [0.25, 0.3) is 29.5 Å². The van der Waals surface area contributed by atoms with Crippen molar-refractivity contribution in [3.63, 3.8) is 0 Å². The molecule has 5 amide bonds. The topological polar surface area (TPSA) is 568 Å². The smallest absolute Gasteiger partial charge is 0.319 e. The van der Waals surface area contributed by atoms with Gasteiger partial charge in [-0.1, -0.05) is 123 Å². The van der Waals surface area contributed by atoms with Gasteiger partial charge < -0.3 is 75.5 Å². The third-order valence-electron chi connectivity index (χ3n) is 14.5. The fraction of sp³-hybridized carbons (Fsp3) is 0.206. The van der Waals surface area contributed by atoms with Gasteiger partial charge in [-0.05, 0) is 144 Å². The number of benzene rings is 5. The van der Waals surface area contributed by atoms with Crippen LogP contribution in [-0.4, -0.2) is 127 Å². The monoisotopic (exact) mass is 1960 g/mol. The van der Waals surface area contributed by atoms with Gasteiger partial charge in [0.15, 0.2) is 82.1 Å². The number of aromatic nitrogens is 10. The molecule has 121 heavy (non-hydrogen) atoms. The van der Waals surface area contributed by atoms with Crippen molar-refractivity contribution in [3.8, 4) is 0 Å². The second-order valence-electron chi connectivity index (χ2n) is 24.2. The molecule has 3 atom stereocenters. The fourth-order valence-electron chi connectivity index (χ4n) is 9.42. The van der Waals surface area contributed by atoms with E-state index in [2.05, 4.69) is 74.7 Å². The van der Waals surface area contributed by atoms with E-state index in [1.165, 1.54) is 25.1 Å². The van der Waals surface area contributed by atoms with Crippen LogP contribution >= 0.6 is 132 Å². The first kappa shape index (κ1) is 102. The lowest BCUT2D eigenvalue weighted by atomic mass is 10.2. The molecule has 0 spiro atoms. The van der Waals surface area contributed by atoms with Crippen LogP contribution in [0.1, 0.15) is 120 Å². The number of hydrogen-bond acceptors (Lipinski definition) is 20. The molecular weight excluding hydrogens is 1900 g/mol. The molecule has 15 N–H and O–H groups in total. The molecule has 0 fully saturated rings. The predicted octanol–water partition coefficient (Wildman–Crippen LogP) is 15.2. The van der Waals surface area contributed by atoms with Crippen LogP contribution in [0.3, 0.4) is 0 Å². The van der Waals surface area contributed by atoms with Crippen molar-refractivity contribution < 1.29 is 140 Å². The molecule has 58 heteroatoms. The van der Waals surface area contributed by atoms with E-state index >= 15 is 0 Å². The van der Waals surface area contributed by atoms with Crippen LogP contribution in [0.4, 0.5) is 50.4 Å². The number of nitrogens with zero attached hydrogens (tertiary/aromatic N) is 10. The molecule has 0 saturated heterocycles. The molecular formula is C63H63Cl8F5N15O25P5. The van der Waals surface area contributed by atoms with Crippen LogP contribution in [0, 0.1) is 64.0 Å². The molecule has 10 aromatic rings. The molecule has 0 aliphatic heterocycles. The number of rotatable bonds is 25. The summed E-state index contributed by atoms with van der Waals surface area (Å²) in [4.78, 5) is 149. The van der Waals surface area contributed by atoms with Gasteiger partial charge in [-0.2, -0.15) is 24.1 Å². The average molecular weight is 1960 g/mol. The summed E-state index contributed by atoms with van der Waals surface area (Å²) in [6.45, 7) is 10.9. The first-order chi connectivity index (χ1) is 55.8. The Labute approximate surface area is 718 Å². The first-order valence-corrected chi connectivity index (χ1v) is 43.2.